The van der Waals surface area contributed by atoms with Crippen molar-refractivity contribution < 1.29 is 22.9 Å². The summed E-state index contributed by atoms with van der Waals surface area (Å²) in [5, 5.41) is 14.3. The van der Waals surface area contributed by atoms with Gasteiger partial charge in [0.25, 0.3) is 10.1 Å². The molecule has 2 rings (SSSR count). The number of aliphatic carboxylic acids is 1. The Bertz CT molecular complexity index is 654. The summed E-state index contributed by atoms with van der Waals surface area (Å²) in [6.07, 6.45) is 0. The Morgan fingerprint density at radius 2 is 1.85 bits per heavy atom. The second-order valence-electron chi connectivity index (χ2n) is 4.39. The molecule has 7 nitrogen and oxygen atoms in total. The Kier molecular flexibility index (Phi) is 3.80. The molecular weight excluding hydrogens is 284 g/mol. The fourth-order valence-corrected chi connectivity index (χ4v) is 2.75. The number of allylic oxidation sites excluding steroid dienone is 1. The van der Waals surface area contributed by atoms with Crippen LogP contribution in [0.3, 0.4) is 0 Å². The molecule has 0 saturated carbocycles. The molecule has 4 N–H and O–H groups in total. The average molecular weight is 298 g/mol. The molecule has 1 aromatic rings. The van der Waals surface area contributed by atoms with Crippen LogP contribution in [0.25, 0.3) is 0 Å². The lowest BCUT2D eigenvalue weighted by atomic mass is 9.96. The van der Waals surface area contributed by atoms with Crippen molar-refractivity contribution in [2.75, 3.05) is 0 Å². The number of rotatable bonds is 3. The van der Waals surface area contributed by atoms with Crippen molar-refractivity contribution in [1.29, 1.82) is 0 Å². The molecule has 0 fully saturated rings. The van der Waals surface area contributed by atoms with Crippen LogP contribution in [0, 0.1) is 0 Å². The van der Waals surface area contributed by atoms with Crippen LogP contribution < -0.4 is 10.6 Å². The van der Waals surface area contributed by atoms with E-state index >= 15 is 0 Å². The van der Waals surface area contributed by atoms with Crippen LogP contribution in [0.4, 0.5) is 0 Å². The van der Waals surface area contributed by atoms with Gasteiger partial charge in [-0.05, 0) is 12.5 Å². The van der Waals surface area contributed by atoms with Gasteiger partial charge in [-0.3, -0.25) is 9.87 Å². The third-order valence-corrected chi connectivity index (χ3v) is 3.87. The standard InChI is InChI=1S/C12H14N2O5S/c1-7-9(11(15)16)10(8-5-3-2-4-6-8)14-12(13-7)20(17,18)19/h2-6,10,12-14H,1H3,(H,15,16)(H,17,18,19). The molecule has 1 aromatic carbocycles. The van der Waals surface area contributed by atoms with Crippen molar-refractivity contribution in [2.45, 2.75) is 18.5 Å². The van der Waals surface area contributed by atoms with Gasteiger partial charge in [-0.25, -0.2) is 4.79 Å². The van der Waals surface area contributed by atoms with Crippen molar-refractivity contribution in [3.8, 4) is 0 Å². The number of carboxylic acid groups (broad SMARTS) is 1. The minimum absolute atomic E-state index is 0.0103. The van der Waals surface area contributed by atoms with Crippen molar-refractivity contribution in [1.82, 2.24) is 10.6 Å². The van der Waals surface area contributed by atoms with Crippen molar-refractivity contribution in [3.63, 3.8) is 0 Å². The van der Waals surface area contributed by atoms with E-state index in [1.165, 1.54) is 6.92 Å². The Hall–Kier alpha value is -1.90. The lowest BCUT2D eigenvalue weighted by Crippen LogP contribution is -2.53. The van der Waals surface area contributed by atoms with Crippen molar-refractivity contribution in [3.05, 3.63) is 47.2 Å². The average Bonchev–Trinajstić information content (AvgIpc) is 2.37. The fourth-order valence-electron chi connectivity index (χ4n) is 2.12. The monoisotopic (exact) mass is 298 g/mol. The van der Waals surface area contributed by atoms with E-state index in [-0.39, 0.29) is 11.3 Å². The highest BCUT2D eigenvalue weighted by atomic mass is 32.2. The minimum atomic E-state index is -4.40. The molecule has 0 spiro atoms. The van der Waals surface area contributed by atoms with Gasteiger partial charge >= 0.3 is 5.97 Å². The highest BCUT2D eigenvalue weighted by Gasteiger charge is 2.36. The zero-order valence-electron chi connectivity index (χ0n) is 10.6. The third-order valence-electron chi connectivity index (χ3n) is 3.02. The van der Waals surface area contributed by atoms with Gasteiger partial charge in [0.1, 0.15) is 0 Å². The zero-order chi connectivity index (χ0) is 14.9. The summed E-state index contributed by atoms with van der Waals surface area (Å²) in [6.45, 7) is 1.46. The second-order valence-corrected chi connectivity index (χ2v) is 5.89. The maximum Gasteiger partial charge on any atom is 0.335 e. The smallest absolute Gasteiger partial charge is 0.335 e. The number of hydrogen-bond acceptors (Lipinski definition) is 5. The SMILES string of the molecule is CC1=C(C(=O)O)C(c2ccccc2)NC(S(=O)(=O)O)N1. The summed E-state index contributed by atoms with van der Waals surface area (Å²) in [7, 11) is -4.40. The van der Waals surface area contributed by atoms with Gasteiger partial charge < -0.3 is 10.4 Å². The molecule has 0 radical (unpaired) electrons. The zero-order valence-corrected chi connectivity index (χ0v) is 11.4. The summed E-state index contributed by atoms with van der Waals surface area (Å²) >= 11 is 0. The quantitative estimate of drug-likeness (QED) is 0.599. The number of carbonyl (C=O) groups is 1. The maximum atomic E-state index is 11.4. The Balaban J connectivity index is 2.50. The number of hydrogen-bond donors (Lipinski definition) is 4. The van der Waals surface area contributed by atoms with E-state index in [4.69, 9.17) is 4.55 Å². The molecule has 1 heterocycles. The van der Waals surface area contributed by atoms with Crippen LogP contribution in [-0.2, 0) is 14.9 Å². The largest absolute Gasteiger partial charge is 0.478 e. The molecule has 2 atom stereocenters. The summed E-state index contributed by atoms with van der Waals surface area (Å²) < 4.78 is 31.6. The van der Waals surface area contributed by atoms with Gasteiger partial charge in [-0.15, -0.1) is 0 Å². The van der Waals surface area contributed by atoms with Gasteiger partial charge in [0.2, 0.25) is 5.50 Å². The highest BCUT2D eigenvalue weighted by molar-refractivity contribution is 7.86. The van der Waals surface area contributed by atoms with E-state index in [1.54, 1.807) is 30.3 Å². The van der Waals surface area contributed by atoms with Gasteiger partial charge in [0.05, 0.1) is 11.6 Å². The fraction of sp³-hybridized carbons (Fsp3) is 0.250. The van der Waals surface area contributed by atoms with Crippen molar-refractivity contribution in [2.24, 2.45) is 0 Å². The van der Waals surface area contributed by atoms with Crippen molar-refractivity contribution >= 4 is 16.1 Å². The first-order valence-corrected chi connectivity index (χ1v) is 7.29. The molecule has 20 heavy (non-hydrogen) atoms. The Morgan fingerprint density at radius 3 is 2.35 bits per heavy atom. The number of benzene rings is 1. The van der Waals surface area contributed by atoms with Gasteiger partial charge in [0, 0.05) is 5.70 Å². The molecule has 8 heteroatoms. The maximum absolute atomic E-state index is 11.4. The molecule has 108 valence electrons. The highest BCUT2D eigenvalue weighted by Crippen LogP contribution is 2.28. The molecule has 0 aromatic heterocycles. The Morgan fingerprint density at radius 1 is 1.25 bits per heavy atom. The first kappa shape index (κ1) is 14.5. The van der Waals surface area contributed by atoms with Crippen LogP contribution in [0.5, 0.6) is 0 Å². The lowest BCUT2D eigenvalue weighted by Gasteiger charge is -2.32. The second kappa shape index (κ2) is 5.23. The molecule has 0 aliphatic carbocycles. The first-order chi connectivity index (χ1) is 9.30. The van der Waals surface area contributed by atoms with Gasteiger partial charge in [0.15, 0.2) is 0 Å². The summed E-state index contributed by atoms with van der Waals surface area (Å²) in [4.78, 5) is 11.4. The molecule has 0 saturated heterocycles. The molecule has 0 amide bonds. The van der Waals surface area contributed by atoms with E-state index in [1.807, 2.05) is 0 Å². The summed E-state index contributed by atoms with van der Waals surface area (Å²) in [5.74, 6) is -1.16. The Labute approximate surface area is 116 Å². The molecule has 1 aliphatic heterocycles. The minimum Gasteiger partial charge on any atom is -0.478 e. The summed E-state index contributed by atoms with van der Waals surface area (Å²) in [5.41, 5.74) is -0.654. The van der Waals surface area contributed by atoms with Crippen LogP contribution >= 0.6 is 0 Å². The van der Waals surface area contributed by atoms with Crippen LogP contribution in [-0.4, -0.2) is 29.5 Å². The third kappa shape index (κ3) is 2.82. The van der Waals surface area contributed by atoms with E-state index in [9.17, 15) is 18.3 Å². The summed E-state index contributed by atoms with van der Waals surface area (Å²) in [6, 6.07) is 7.73. The normalized spacial score (nSPS) is 23.3. The van der Waals surface area contributed by atoms with E-state index in [0.717, 1.165) is 0 Å². The molecule has 1 aliphatic rings. The van der Waals surface area contributed by atoms with E-state index < -0.39 is 27.6 Å². The molecule has 2 unspecified atom stereocenters. The van der Waals surface area contributed by atoms with Gasteiger partial charge in [-0.2, -0.15) is 8.42 Å². The van der Waals surface area contributed by atoms with Crippen LogP contribution in [0.1, 0.15) is 18.5 Å². The predicted molar refractivity (Wildman–Crippen MR) is 71.1 cm³/mol. The van der Waals surface area contributed by atoms with E-state index in [0.29, 0.717) is 5.56 Å². The lowest BCUT2D eigenvalue weighted by molar-refractivity contribution is -0.133. The predicted octanol–water partition coefficient (Wildman–Crippen LogP) is 0.450. The van der Waals surface area contributed by atoms with Crippen LogP contribution in [0.2, 0.25) is 0 Å². The van der Waals surface area contributed by atoms with Gasteiger partial charge in [-0.1, -0.05) is 30.3 Å². The van der Waals surface area contributed by atoms with E-state index in [2.05, 4.69) is 10.6 Å². The topological polar surface area (TPSA) is 116 Å². The van der Waals surface area contributed by atoms with Crippen LogP contribution in [0.15, 0.2) is 41.6 Å². The first-order valence-electron chi connectivity index (χ1n) is 5.78. The number of carboxylic acids is 1. The molecular formula is C12H14N2O5S. The number of nitrogens with one attached hydrogen (secondary N) is 2. The molecule has 0 bridgehead atoms.